The van der Waals surface area contributed by atoms with Crippen LogP contribution in [0.4, 0.5) is 5.69 Å². The zero-order valence-corrected chi connectivity index (χ0v) is 15.2. The molecule has 28 heavy (non-hydrogen) atoms. The highest BCUT2D eigenvalue weighted by Crippen LogP contribution is 2.17. The van der Waals surface area contributed by atoms with E-state index in [-0.39, 0.29) is 17.0 Å². The van der Waals surface area contributed by atoms with Crippen LogP contribution >= 0.6 is 11.3 Å². The number of ether oxygens (including phenoxy) is 1. The first-order chi connectivity index (χ1) is 13.5. The predicted molar refractivity (Wildman–Crippen MR) is 100 cm³/mol. The lowest BCUT2D eigenvalue weighted by molar-refractivity contribution is -0.123. The lowest BCUT2D eigenvalue weighted by Crippen LogP contribution is -2.33. The minimum Gasteiger partial charge on any atom is -0.459 e. The largest absolute Gasteiger partial charge is 0.459 e. The number of esters is 1. The Morgan fingerprint density at radius 1 is 0.964 bits per heavy atom. The van der Waals surface area contributed by atoms with E-state index >= 15 is 0 Å². The van der Waals surface area contributed by atoms with E-state index in [1.807, 2.05) is 0 Å². The van der Waals surface area contributed by atoms with Crippen molar-refractivity contribution < 1.29 is 28.3 Å². The van der Waals surface area contributed by atoms with Crippen molar-refractivity contribution in [1.29, 1.82) is 0 Å². The number of hydrogen-bond donors (Lipinski definition) is 2. The minimum atomic E-state index is -0.825. The van der Waals surface area contributed by atoms with Crippen LogP contribution in [-0.4, -0.2) is 30.3 Å². The second-order valence-electron chi connectivity index (χ2n) is 5.41. The Balaban J connectivity index is 1.59. The molecule has 0 fully saturated rings. The maximum Gasteiger partial charge on any atom is 0.340 e. The van der Waals surface area contributed by atoms with Gasteiger partial charge in [-0.2, -0.15) is 0 Å². The number of para-hydroxylation sites is 1. The number of hydrogen-bond acceptors (Lipinski definition) is 7. The standard InChI is InChI=1S/C19H14N2O6S/c22-16(21-18(24)15-8-4-10-28-15)11-27-19(25)12-5-1-2-6-13(12)20-17(23)14-7-3-9-26-14/h1-10H,11H2,(H,20,23)(H,21,22,24). The van der Waals surface area contributed by atoms with E-state index in [0.717, 1.165) is 0 Å². The normalized spacial score (nSPS) is 10.1. The van der Waals surface area contributed by atoms with Gasteiger partial charge in [0.1, 0.15) is 0 Å². The topological polar surface area (TPSA) is 115 Å². The van der Waals surface area contributed by atoms with Gasteiger partial charge in [-0.05, 0) is 35.7 Å². The van der Waals surface area contributed by atoms with Crippen LogP contribution in [0.3, 0.4) is 0 Å². The van der Waals surface area contributed by atoms with E-state index in [0.29, 0.717) is 4.88 Å². The van der Waals surface area contributed by atoms with E-state index in [4.69, 9.17) is 9.15 Å². The maximum atomic E-state index is 12.3. The van der Waals surface area contributed by atoms with Gasteiger partial charge in [0.2, 0.25) is 0 Å². The van der Waals surface area contributed by atoms with E-state index < -0.39 is 30.3 Å². The van der Waals surface area contributed by atoms with Crippen molar-refractivity contribution in [2.75, 3.05) is 11.9 Å². The fourth-order valence-corrected chi connectivity index (χ4v) is 2.82. The first-order valence-corrected chi connectivity index (χ1v) is 8.91. The van der Waals surface area contributed by atoms with Crippen LogP contribution in [0.25, 0.3) is 0 Å². The van der Waals surface area contributed by atoms with Gasteiger partial charge < -0.3 is 14.5 Å². The van der Waals surface area contributed by atoms with E-state index in [1.165, 1.54) is 35.8 Å². The molecule has 0 saturated heterocycles. The van der Waals surface area contributed by atoms with Gasteiger partial charge in [0.15, 0.2) is 12.4 Å². The molecule has 1 aromatic carbocycles. The highest BCUT2D eigenvalue weighted by molar-refractivity contribution is 7.12. The SMILES string of the molecule is O=C(COC(=O)c1ccccc1NC(=O)c1ccco1)NC(=O)c1cccs1. The van der Waals surface area contributed by atoms with Gasteiger partial charge in [-0.1, -0.05) is 18.2 Å². The van der Waals surface area contributed by atoms with Crippen LogP contribution in [0.15, 0.2) is 64.6 Å². The van der Waals surface area contributed by atoms with Gasteiger partial charge in [-0.15, -0.1) is 11.3 Å². The van der Waals surface area contributed by atoms with Crippen molar-refractivity contribution in [2.24, 2.45) is 0 Å². The van der Waals surface area contributed by atoms with Gasteiger partial charge in [-0.3, -0.25) is 19.7 Å². The molecule has 0 atom stereocenters. The first-order valence-electron chi connectivity index (χ1n) is 8.03. The van der Waals surface area contributed by atoms with Crippen molar-refractivity contribution in [3.05, 3.63) is 76.4 Å². The highest BCUT2D eigenvalue weighted by Gasteiger charge is 2.18. The molecule has 0 aliphatic rings. The average Bonchev–Trinajstić information content (AvgIpc) is 3.40. The number of furan rings is 1. The third-order valence-electron chi connectivity index (χ3n) is 3.47. The molecule has 0 unspecified atom stereocenters. The molecular weight excluding hydrogens is 384 g/mol. The summed E-state index contributed by atoms with van der Waals surface area (Å²) < 4.78 is 9.95. The van der Waals surface area contributed by atoms with Gasteiger partial charge in [-0.25, -0.2) is 4.79 Å². The smallest absolute Gasteiger partial charge is 0.340 e. The molecule has 3 amide bonds. The number of amides is 3. The molecule has 142 valence electrons. The van der Waals surface area contributed by atoms with Crippen molar-refractivity contribution in [1.82, 2.24) is 5.32 Å². The van der Waals surface area contributed by atoms with Crippen molar-refractivity contribution in [3.63, 3.8) is 0 Å². The van der Waals surface area contributed by atoms with Crippen molar-refractivity contribution in [3.8, 4) is 0 Å². The number of thiophene rings is 1. The Bertz CT molecular complexity index is 995. The number of anilines is 1. The molecule has 3 rings (SSSR count). The van der Waals surface area contributed by atoms with Gasteiger partial charge in [0.25, 0.3) is 17.7 Å². The summed E-state index contributed by atoms with van der Waals surface area (Å²) in [7, 11) is 0. The number of carbonyl (C=O) groups is 4. The molecule has 0 saturated carbocycles. The van der Waals surface area contributed by atoms with Crippen molar-refractivity contribution in [2.45, 2.75) is 0 Å². The summed E-state index contributed by atoms with van der Waals surface area (Å²) >= 11 is 1.18. The third-order valence-corrected chi connectivity index (χ3v) is 4.34. The van der Waals surface area contributed by atoms with Crippen LogP contribution in [0.2, 0.25) is 0 Å². The molecule has 0 radical (unpaired) electrons. The Labute approximate surface area is 163 Å². The Morgan fingerprint density at radius 2 is 1.79 bits per heavy atom. The third kappa shape index (κ3) is 4.71. The van der Waals surface area contributed by atoms with Gasteiger partial charge in [0.05, 0.1) is 22.4 Å². The molecule has 0 spiro atoms. The zero-order valence-electron chi connectivity index (χ0n) is 14.3. The summed E-state index contributed by atoms with van der Waals surface area (Å²) in [6.45, 7) is -0.642. The molecule has 9 heteroatoms. The van der Waals surface area contributed by atoms with Crippen LogP contribution < -0.4 is 10.6 Å². The minimum absolute atomic E-state index is 0.0554. The van der Waals surface area contributed by atoms with E-state index in [2.05, 4.69) is 10.6 Å². The second-order valence-corrected chi connectivity index (χ2v) is 6.36. The predicted octanol–water partition coefficient (Wildman–Crippen LogP) is 2.71. The fraction of sp³-hybridized carbons (Fsp3) is 0.0526. The Hall–Kier alpha value is -3.72. The lowest BCUT2D eigenvalue weighted by atomic mass is 10.1. The van der Waals surface area contributed by atoms with E-state index in [9.17, 15) is 19.2 Å². The summed E-state index contributed by atoms with van der Waals surface area (Å²) in [4.78, 5) is 48.4. The number of benzene rings is 1. The van der Waals surface area contributed by atoms with E-state index in [1.54, 1.807) is 35.7 Å². The molecule has 2 N–H and O–H groups in total. The summed E-state index contributed by atoms with van der Waals surface area (Å²) in [5.41, 5.74) is 0.253. The van der Waals surface area contributed by atoms with Gasteiger partial charge in [0, 0.05) is 0 Å². The highest BCUT2D eigenvalue weighted by atomic mass is 32.1. The molecular formula is C19H14N2O6S. The second kappa shape index (κ2) is 8.78. The average molecular weight is 398 g/mol. The quantitative estimate of drug-likeness (QED) is 0.617. The summed E-state index contributed by atoms with van der Waals surface area (Å²) in [5, 5.41) is 6.37. The van der Waals surface area contributed by atoms with Crippen LogP contribution in [0, 0.1) is 0 Å². The first kappa shape index (κ1) is 19.1. The number of imide groups is 1. The molecule has 8 nitrogen and oxygen atoms in total. The molecule has 0 bridgehead atoms. The van der Waals surface area contributed by atoms with Crippen LogP contribution in [0.5, 0.6) is 0 Å². The molecule has 0 aliphatic carbocycles. The number of rotatable bonds is 6. The van der Waals surface area contributed by atoms with Crippen LogP contribution in [0.1, 0.15) is 30.6 Å². The van der Waals surface area contributed by atoms with Gasteiger partial charge >= 0.3 is 5.97 Å². The number of nitrogens with one attached hydrogen (secondary N) is 2. The number of carbonyl (C=O) groups excluding carboxylic acids is 4. The molecule has 0 aliphatic heterocycles. The molecule has 2 heterocycles. The lowest BCUT2D eigenvalue weighted by Gasteiger charge is -2.10. The Kier molecular flexibility index (Phi) is 5.97. The molecule has 2 aromatic heterocycles. The molecule has 3 aromatic rings. The zero-order chi connectivity index (χ0) is 19.9. The van der Waals surface area contributed by atoms with Crippen LogP contribution in [-0.2, 0) is 9.53 Å². The van der Waals surface area contributed by atoms with Crippen molar-refractivity contribution >= 4 is 40.7 Å². The monoisotopic (exact) mass is 398 g/mol. The fourth-order valence-electron chi connectivity index (χ4n) is 2.20. The summed E-state index contributed by atoms with van der Waals surface area (Å²) in [5.74, 6) is -2.61. The summed E-state index contributed by atoms with van der Waals surface area (Å²) in [6.07, 6.45) is 1.35. The maximum absolute atomic E-state index is 12.3. The summed E-state index contributed by atoms with van der Waals surface area (Å²) in [6, 6.07) is 12.4. The Morgan fingerprint density at radius 3 is 2.50 bits per heavy atom.